The molecule has 3 rings (SSSR count). The van der Waals surface area contributed by atoms with E-state index >= 15 is 0 Å². The number of methoxy groups -OCH3 is 1. The average molecular weight is 398 g/mol. The Bertz CT molecular complexity index is 915. The van der Waals surface area contributed by atoms with Gasteiger partial charge in [-0.2, -0.15) is 0 Å². The topological polar surface area (TPSA) is 30.5 Å². The third-order valence-corrected chi connectivity index (χ3v) is 4.81. The first kappa shape index (κ1) is 19.2. The van der Waals surface area contributed by atoms with E-state index in [-0.39, 0.29) is 0 Å². The predicted octanol–water partition coefficient (Wildman–Crippen LogP) is 5.39. The van der Waals surface area contributed by atoms with Crippen LogP contribution in [0, 0.1) is 0 Å². The molecule has 0 unspecified atom stereocenters. The van der Waals surface area contributed by atoms with Crippen molar-refractivity contribution in [3.63, 3.8) is 0 Å². The standard InChI is InChI=1S/C22H20ClNO2S/c1-25-21-13-17(22(27)24-14-16-7-3-2-4-8-16)11-12-20(21)26-15-18-9-5-6-10-19(18)23/h2-13H,14-15H2,1H3,(H,24,27). The molecule has 0 heterocycles. The van der Waals surface area contributed by atoms with Gasteiger partial charge in [-0.1, -0.05) is 72.3 Å². The van der Waals surface area contributed by atoms with E-state index in [4.69, 9.17) is 33.3 Å². The summed E-state index contributed by atoms with van der Waals surface area (Å²) < 4.78 is 11.4. The molecule has 0 amide bonds. The molecule has 0 radical (unpaired) electrons. The van der Waals surface area contributed by atoms with E-state index in [9.17, 15) is 0 Å². The predicted molar refractivity (Wildman–Crippen MR) is 114 cm³/mol. The normalized spacial score (nSPS) is 10.3. The van der Waals surface area contributed by atoms with Crippen molar-refractivity contribution in [1.29, 1.82) is 0 Å². The molecule has 0 aliphatic heterocycles. The lowest BCUT2D eigenvalue weighted by atomic mass is 10.1. The number of nitrogens with one attached hydrogen (secondary N) is 1. The second-order valence-corrected chi connectivity index (χ2v) is 6.73. The number of rotatable bonds is 7. The Morgan fingerprint density at radius 3 is 2.44 bits per heavy atom. The first-order valence-corrected chi connectivity index (χ1v) is 9.32. The highest BCUT2D eigenvalue weighted by molar-refractivity contribution is 7.80. The molecular formula is C22H20ClNO2S. The molecule has 0 fully saturated rings. The minimum absolute atomic E-state index is 0.367. The number of benzene rings is 3. The minimum atomic E-state index is 0.367. The van der Waals surface area contributed by atoms with E-state index in [2.05, 4.69) is 17.4 Å². The van der Waals surface area contributed by atoms with Crippen LogP contribution in [0.25, 0.3) is 0 Å². The molecule has 3 nitrogen and oxygen atoms in total. The molecule has 3 aromatic rings. The first-order chi connectivity index (χ1) is 13.2. The fourth-order valence-electron chi connectivity index (χ4n) is 2.58. The molecule has 0 saturated heterocycles. The van der Waals surface area contributed by atoms with E-state index in [1.54, 1.807) is 7.11 Å². The van der Waals surface area contributed by atoms with Gasteiger partial charge in [0.25, 0.3) is 0 Å². The van der Waals surface area contributed by atoms with Gasteiger partial charge in [-0.25, -0.2) is 0 Å². The van der Waals surface area contributed by atoms with Crippen molar-refractivity contribution < 1.29 is 9.47 Å². The van der Waals surface area contributed by atoms with Crippen molar-refractivity contribution >= 4 is 28.8 Å². The fourth-order valence-corrected chi connectivity index (χ4v) is 2.97. The molecule has 0 aliphatic carbocycles. The van der Waals surface area contributed by atoms with E-state index in [0.29, 0.717) is 34.7 Å². The third kappa shape index (κ3) is 5.22. The fraction of sp³-hybridized carbons (Fsp3) is 0.136. The number of hydrogen-bond donors (Lipinski definition) is 1. The van der Waals surface area contributed by atoms with Gasteiger partial charge in [0.15, 0.2) is 11.5 Å². The van der Waals surface area contributed by atoms with Crippen molar-refractivity contribution in [2.24, 2.45) is 0 Å². The van der Waals surface area contributed by atoms with Crippen molar-refractivity contribution in [1.82, 2.24) is 5.32 Å². The van der Waals surface area contributed by atoms with Gasteiger partial charge in [0.05, 0.1) is 7.11 Å². The molecule has 0 bridgehead atoms. The molecule has 0 spiro atoms. The number of hydrogen-bond acceptors (Lipinski definition) is 3. The average Bonchev–Trinajstić information content (AvgIpc) is 2.72. The lowest BCUT2D eigenvalue weighted by Crippen LogP contribution is -2.21. The maximum absolute atomic E-state index is 6.18. The quantitative estimate of drug-likeness (QED) is 0.541. The lowest BCUT2D eigenvalue weighted by molar-refractivity contribution is 0.284. The lowest BCUT2D eigenvalue weighted by Gasteiger charge is -2.14. The van der Waals surface area contributed by atoms with Crippen LogP contribution in [0.15, 0.2) is 72.8 Å². The zero-order valence-electron chi connectivity index (χ0n) is 14.9. The number of ether oxygens (including phenoxy) is 2. The van der Waals surface area contributed by atoms with Crippen LogP contribution < -0.4 is 14.8 Å². The van der Waals surface area contributed by atoms with Gasteiger partial charge in [0.2, 0.25) is 0 Å². The summed E-state index contributed by atoms with van der Waals surface area (Å²) in [5.74, 6) is 1.27. The second kappa shape index (κ2) is 9.40. The summed E-state index contributed by atoms with van der Waals surface area (Å²) in [7, 11) is 1.61. The highest BCUT2D eigenvalue weighted by Gasteiger charge is 2.10. The van der Waals surface area contributed by atoms with E-state index in [0.717, 1.165) is 11.1 Å². The zero-order chi connectivity index (χ0) is 19.1. The van der Waals surface area contributed by atoms with Crippen molar-refractivity contribution in [2.45, 2.75) is 13.2 Å². The SMILES string of the molecule is COc1cc(C(=S)NCc2ccccc2)ccc1OCc1ccccc1Cl. The van der Waals surface area contributed by atoms with Crippen LogP contribution in [0.4, 0.5) is 0 Å². The molecule has 0 atom stereocenters. The van der Waals surface area contributed by atoms with Crippen molar-refractivity contribution in [3.05, 3.63) is 94.5 Å². The van der Waals surface area contributed by atoms with Gasteiger partial charge in [0, 0.05) is 22.7 Å². The van der Waals surface area contributed by atoms with Gasteiger partial charge in [-0.05, 0) is 29.8 Å². The molecule has 1 N–H and O–H groups in total. The van der Waals surface area contributed by atoms with E-state index < -0.39 is 0 Å². The van der Waals surface area contributed by atoms with Gasteiger partial charge in [0.1, 0.15) is 11.6 Å². The Morgan fingerprint density at radius 2 is 1.70 bits per heavy atom. The maximum Gasteiger partial charge on any atom is 0.161 e. The van der Waals surface area contributed by atoms with Crippen LogP contribution in [0.2, 0.25) is 5.02 Å². The van der Waals surface area contributed by atoms with Gasteiger partial charge < -0.3 is 14.8 Å². The monoisotopic (exact) mass is 397 g/mol. The van der Waals surface area contributed by atoms with Gasteiger partial charge in [-0.15, -0.1) is 0 Å². The van der Waals surface area contributed by atoms with Crippen LogP contribution >= 0.6 is 23.8 Å². The summed E-state index contributed by atoms with van der Waals surface area (Å²) in [6.45, 7) is 1.04. The molecule has 5 heteroatoms. The molecule has 138 valence electrons. The van der Waals surface area contributed by atoms with Crippen LogP contribution in [-0.4, -0.2) is 12.1 Å². The van der Waals surface area contributed by atoms with Crippen molar-refractivity contribution in [2.75, 3.05) is 7.11 Å². The number of halogens is 1. The van der Waals surface area contributed by atoms with Gasteiger partial charge in [-0.3, -0.25) is 0 Å². The Balaban J connectivity index is 1.66. The third-order valence-electron chi connectivity index (χ3n) is 4.06. The largest absolute Gasteiger partial charge is 0.493 e. The van der Waals surface area contributed by atoms with Crippen LogP contribution in [0.3, 0.4) is 0 Å². The summed E-state index contributed by atoms with van der Waals surface area (Å²) in [5.41, 5.74) is 2.97. The number of thiocarbonyl (C=S) groups is 1. The Morgan fingerprint density at radius 1 is 0.963 bits per heavy atom. The molecule has 0 aromatic heterocycles. The molecule has 0 saturated carbocycles. The van der Waals surface area contributed by atoms with Crippen LogP contribution in [0.5, 0.6) is 11.5 Å². The first-order valence-electron chi connectivity index (χ1n) is 8.54. The molecule has 0 aliphatic rings. The Labute approximate surface area is 169 Å². The molecule has 3 aromatic carbocycles. The zero-order valence-corrected chi connectivity index (χ0v) is 16.5. The molecule has 27 heavy (non-hydrogen) atoms. The maximum atomic E-state index is 6.18. The molecular weight excluding hydrogens is 378 g/mol. The second-order valence-electron chi connectivity index (χ2n) is 5.91. The summed E-state index contributed by atoms with van der Waals surface area (Å²) >= 11 is 11.7. The van der Waals surface area contributed by atoms with Gasteiger partial charge >= 0.3 is 0 Å². The summed E-state index contributed by atoms with van der Waals surface area (Å²) in [5, 5.41) is 3.95. The van der Waals surface area contributed by atoms with Crippen LogP contribution in [-0.2, 0) is 13.2 Å². The minimum Gasteiger partial charge on any atom is -0.493 e. The summed E-state index contributed by atoms with van der Waals surface area (Å²) in [4.78, 5) is 0.662. The van der Waals surface area contributed by atoms with Crippen LogP contribution in [0.1, 0.15) is 16.7 Å². The summed E-state index contributed by atoms with van der Waals surface area (Å²) in [6.07, 6.45) is 0. The van der Waals surface area contributed by atoms with E-state index in [1.165, 1.54) is 5.56 Å². The Hall–Kier alpha value is -2.56. The van der Waals surface area contributed by atoms with Crippen molar-refractivity contribution in [3.8, 4) is 11.5 Å². The summed E-state index contributed by atoms with van der Waals surface area (Å²) in [6, 6.07) is 23.4. The smallest absolute Gasteiger partial charge is 0.161 e. The highest BCUT2D eigenvalue weighted by Crippen LogP contribution is 2.29. The highest BCUT2D eigenvalue weighted by atomic mass is 35.5. The Kier molecular flexibility index (Phi) is 6.69. The van der Waals surface area contributed by atoms with E-state index in [1.807, 2.05) is 60.7 Å².